The van der Waals surface area contributed by atoms with Gasteiger partial charge in [-0.05, 0) is 58.7 Å². The molecular formula is C21H18BrN5O6. The number of hydrazone groups is 1. The highest BCUT2D eigenvalue weighted by atomic mass is 79.9. The highest BCUT2D eigenvalue weighted by molar-refractivity contribution is 9.10. The van der Waals surface area contributed by atoms with Gasteiger partial charge >= 0.3 is 5.69 Å². The van der Waals surface area contributed by atoms with E-state index in [-0.39, 0.29) is 23.8 Å². The van der Waals surface area contributed by atoms with Crippen LogP contribution < -0.4 is 14.9 Å². The minimum absolute atomic E-state index is 0.00443. The van der Waals surface area contributed by atoms with Crippen LogP contribution >= 0.6 is 15.9 Å². The van der Waals surface area contributed by atoms with Gasteiger partial charge in [-0.25, -0.2) is 4.98 Å². The molecule has 3 aromatic rings. The van der Waals surface area contributed by atoms with Gasteiger partial charge in [-0.3, -0.25) is 25.7 Å². The van der Waals surface area contributed by atoms with Crippen LogP contribution in [-0.4, -0.2) is 27.7 Å². The summed E-state index contributed by atoms with van der Waals surface area (Å²) in [6.45, 7) is 2.41. The number of hydrogen-bond donors (Lipinski definition) is 1. The molecule has 0 amide bonds. The Labute approximate surface area is 196 Å². The summed E-state index contributed by atoms with van der Waals surface area (Å²) in [5.41, 5.74) is 3.77. The second-order valence-electron chi connectivity index (χ2n) is 6.46. The Kier molecular flexibility index (Phi) is 7.86. The fraction of sp³-hybridized carbons (Fsp3) is 0.143. The van der Waals surface area contributed by atoms with Crippen LogP contribution in [0.1, 0.15) is 18.1 Å². The molecule has 0 radical (unpaired) electrons. The molecule has 0 aliphatic rings. The Morgan fingerprint density at radius 2 is 1.82 bits per heavy atom. The SMILES string of the molecule is CCOc1cc(/C=N\Nc2ncccc2[N+](=O)[O-])c(Br)cc1OCc1ccc([N+](=O)[O-])cc1. The van der Waals surface area contributed by atoms with Crippen LogP contribution in [-0.2, 0) is 6.61 Å². The monoisotopic (exact) mass is 515 g/mol. The number of rotatable bonds is 10. The predicted octanol–water partition coefficient (Wildman–Crippen LogP) is 5.08. The average Bonchev–Trinajstić information content (AvgIpc) is 2.80. The molecule has 11 nitrogen and oxygen atoms in total. The molecular weight excluding hydrogens is 498 g/mol. The summed E-state index contributed by atoms with van der Waals surface area (Å²) in [6.07, 6.45) is 2.89. The van der Waals surface area contributed by atoms with Crippen molar-refractivity contribution in [3.05, 3.63) is 90.6 Å². The highest BCUT2D eigenvalue weighted by Crippen LogP contribution is 2.34. The van der Waals surface area contributed by atoms with Gasteiger partial charge in [-0.1, -0.05) is 0 Å². The number of non-ortho nitro benzene ring substituents is 1. The lowest BCUT2D eigenvalue weighted by atomic mass is 10.2. The van der Waals surface area contributed by atoms with Crippen molar-refractivity contribution in [1.82, 2.24) is 4.98 Å². The molecule has 3 rings (SSSR count). The molecule has 0 fully saturated rings. The van der Waals surface area contributed by atoms with Gasteiger partial charge in [0.05, 0.1) is 22.7 Å². The zero-order valence-corrected chi connectivity index (χ0v) is 18.9. The standard InChI is InChI=1S/C21H18BrN5O6/c1-2-32-19-10-15(12-24-25-21-18(27(30)31)4-3-9-23-21)17(22)11-20(19)33-13-14-5-7-16(8-6-14)26(28)29/h3-12H,2,13H2,1H3,(H,23,25)/b24-12-. The first kappa shape index (κ1) is 23.6. The second-order valence-corrected chi connectivity index (χ2v) is 7.32. The maximum Gasteiger partial charge on any atom is 0.313 e. The lowest BCUT2D eigenvalue weighted by molar-refractivity contribution is -0.384. The van der Waals surface area contributed by atoms with Crippen LogP contribution in [0.15, 0.2) is 64.3 Å². The van der Waals surface area contributed by atoms with Crippen LogP contribution in [0.3, 0.4) is 0 Å². The zero-order chi connectivity index (χ0) is 23.8. The number of aromatic nitrogens is 1. The first-order valence-electron chi connectivity index (χ1n) is 9.60. The Balaban J connectivity index is 1.75. The molecule has 1 aromatic heterocycles. The van der Waals surface area contributed by atoms with Gasteiger partial charge in [0.15, 0.2) is 11.5 Å². The topological polar surface area (TPSA) is 142 Å². The van der Waals surface area contributed by atoms with Crippen molar-refractivity contribution in [2.24, 2.45) is 5.10 Å². The fourth-order valence-electron chi connectivity index (χ4n) is 2.70. The molecule has 1 heterocycles. The Morgan fingerprint density at radius 1 is 1.09 bits per heavy atom. The third-order valence-electron chi connectivity index (χ3n) is 4.26. The molecule has 0 aliphatic carbocycles. The second kappa shape index (κ2) is 11.0. The van der Waals surface area contributed by atoms with E-state index in [0.717, 1.165) is 5.56 Å². The van der Waals surface area contributed by atoms with Crippen LogP contribution in [0.5, 0.6) is 11.5 Å². The number of nitro benzene ring substituents is 1. The molecule has 1 N–H and O–H groups in total. The van der Waals surface area contributed by atoms with Gasteiger partial charge in [-0.2, -0.15) is 5.10 Å². The third-order valence-corrected chi connectivity index (χ3v) is 4.95. The highest BCUT2D eigenvalue weighted by Gasteiger charge is 2.14. The largest absolute Gasteiger partial charge is 0.490 e. The van der Waals surface area contributed by atoms with Crippen molar-refractivity contribution >= 4 is 39.3 Å². The molecule has 0 spiro atoms. The van der Waals surface area contributed by atoms with Gasteiger partial charge in [0, 0.05) is 34.4 Å². The third kappa shape index (κ3) is 6.23. The van der Waals surface area contributed by atoms with Gasteiger partial charge in [0.25, 0.3) is 5.69 Å². The van der Waals surface area contributed by atoms with E-state index in [2.05, 4.69) is 31.4 Å². The van der Waals surface area contributed by atoms with E-state index in [1.54, 1.807) is 24.3 Å². The number of anilines is 1. The van der Waals surface area contributed by atoms with Crippen molar-refractivity contribution < 1.29 is 19.3 Å². The normalized spacial score (nSPS) is 10.7. The van der Waals surface area contributed by atoms with Gasteiger partial charge in [0.1, 0.15) is 6.61 Å². The van der Waals surface area contributed by atoms with Crippen LogP contribution in [0.25, 0.3) is 0 Å². The van der Waals surface area contributed by atoms with Crippen LogP contribution in [0, 0.1) is 20.2 Å². The van der Waals surface area contributed by atoms with E-state index in [4.69, 9.17) is 9.47 Å². The molecule has 0 bridgehead atoms. The minimum Gasteiger partial charge on any atom is -0.490 e. The van der Waals surface area contributed by atoms with E-state index in [1.165, 1.54) is 36.7 Å². The van der Waals surface area contributed by atoms with Crippen LogP contribution in [0.4, 0.5) is 17.2 Å². The smallest absolute Gasteiger partial charge is 0.313 e. The van der Waals surface area contributed by atoms with Crippen molar-refractivity contribution in [2.75, 3.05) is 12.0 Å². The summed E-state index contributed by atoms with van der Waals surface area (Å²) >= 11 is 3.45. The molecule has 0 aliphatic heterocycles. The maximum atomic E-state index is 11.1. The Morgan fingerprint density at radius 3 is 2.48 bits per heavy atom. The lowest BCUT2D eigenvalue weighted by Crippen LogP contribution is -2.02. The lowest BCUT2D eigenvalue weighted by Gasteiger charge is -2.14. The molecule has 0 saturated carbocycles. The van der Waals surface area contributed by atoms with Crippen LogP contribution in [0.2, 0.25) is 0 Å². The minimum atomic E-state index is -0.551. The number of nitro groups is 2. The molecule has 0 unspecified atom stereocenters. The number of hydrogen-bond acceptors (Lipinski definition) is 9. The molecule has 33 heavy (non-hydrogen) atoms. The van der Waals surface area contributed by atoms with Crippen molar-refractivity contribution in [2.45, 2.75) is 13.5 Å². The Hall–Kier alpha value is -4.06. The van der Waals surface area contributed by atoms with E-state index >= 15 is 0 Å². The molecule has 0 atom stereocenters. The molecule has 170 valence electrons. The van der Waals surface area contributed by atoms with E-state index < -0.39 is 9.85 Å². The first-order chi connectivity index (χ1) is 15.9. The maximum absolute atomic E-state index is 11.1. The van der Waals surface area contributed by atoms with Crippen molar-refractivity contribution in [3.8, 4) is 11.5 Å². The number of halogens is 1. The Bertz CT molecular complexity index is 1190. The number of nitrogens with one attached hydrogen (secondary N) is 1. The summed E-state index contributed by atoms with van der Waals surface area (Å²) in [5.74, 6) is 0.948. The van der Waals surface area contributed by atoms with Gasteiger partial charge < -0.3 is 9.47 Å². The van der Waals surface area contributed by atoms with Crippen molar-refractivity contribution in [3.63, 3.8) is 0 Å². The number of pyridine rings is 1. The van der Waals surface area contributed by atoms with Crippen molar-refractivity contribution in [1.29, 1.82) is 0 Å². The van der Waals surface area contributed by atoms with Gasteiger partial charge in [-0.15, -0.1) is 0 Å². The van der Waals surface area contributed by atoms with E-state index in [1.807, 2.05) is 6.92 Å². The predicted molar refractivity (Wildman–Crippen MR) is 125 cm³/mol. The van der Waals surface area contributed by atoms with E-state index in [0.29, 0.717) is 28.1 Å². The summed E-state index contributed by atoms with van der Waals surface area (Å²) in [5, 5.41) is 25.9. The summed E-state index contributed by atoms with van der Waals surface area (Å²) < 4.78 is 12.2. The quantitative estimate of drug-likeness (QED) is 0.223. The van der Waals surface area contributed by atoms with E-state index in [9.17, 15) is 20.2 Å². The zero-order valence-electron chi connectivity index (χ0n) is 17.3. The summed E-state index contributed by atoms with van der Waals surface area (Å²) in [4.78, 5) is 24.8. The van der Waals surface area contributed by atoms with Gasteiger partial charge in [0.2, 0.25) is 5.82 Å². The number of nitrogens with zero attached hydrogens (tertiary/aromatic N) is 4. The number of benzene rings is 2. The molecule has 12 heteroatoms. The summed E-state index contributed by atoms with van der Waals surface area (Å²) in [6, 6.07) is 12.3. The first-order valence-corrected chi connectivity index (χ1v) is 10.4. The average molecular weight is 516 g/mol. The molecule has 0 saturated heterocycles. The number of ether oxygens (including phenoxy) is 2. The summed E-state index contributed by atoms with van der Waals surface area (Å²) in [7, 11) is 0. The molecule has 2 aromatic carbocycles. The fourth-order valence-corrected chi connectivity index (χ4v) is 3.12.